The van der Waals surface area contributed by atoms with E-state index in [9.17, 15) is 4.79 Å². The molecule has 0 aromatic carbocycles. The molecule has 100 valence electrons. The summed E-state index contributed by atoms with van der Waals surface area (Å²) in [7, 11) is 6.06. The minimum absolute atomic E-state index is 0.174. The van der Waals surface area contributed by atoms with E-state index in [2.05, 4.69) is 31.2 Å². The van der Waals surface area contributed by atoms with Crippen molar-refractivity contribution in [1.29, 1.82) is 0 Å². The van der Waals surface area contributed by atoms with Gasteiger partial charge >= 0.3 is 0 Å². The quantitative estimate of drug-likeness (QED) is 0.773. The molecule has 1 N–H and O–H groups in total. The van der Waals surface area contributed by atoms with E-state index in [0.717, 1.165) is 38.9 Å². The molecular formula is C13H27N3O. The van der Waals surface area contributed by atoms with Gasteiger partial charge in [-0.3, -0.25) is 4.79 Å². The molecule has 0 spiro atoms. The standard InChI is InChI=1S/C13H27N3O/c1-11-12(7-5-8-14-11)13(17)16(4)10-6-9-15(2)3/h11-12,14H,5-10H2,1-4H3. The zero-order chi connectivity index (χ0) is 12.8. The maximum absolute atomic E-state index is 12.3. The van der Waals surface area contributed by atoms with Crippen LogP contribution >= 0.6 is 0 Å². The topological polar surface area (TPSA) is 35.6 Å². The van der Waals surface area contributed by atoms with Gasteiger partial charge in [-0.25, -0.2) is 0 Å². The van der Waals surface area contributed by atoms with E-state index in [4.69, 9.17) is 0 Å². The smallest absolute Gasteiger partial charge is 0.226 e. The highest BCUT2D eigenvalue weighted by molar-refractivity contribution is 5.79. The summed E-state index contributed by atoms with van der Waals surface area (Å²) in [5.74, 6) is 0.483. The molecule has 1 amide bonds. The van der Waals surface area contributed by atoms with E-state index in [1.807, 2.05) is 11.9 Å². The fourth-order valence-electron chi connectivity index (χ4n) is 2.40. The molecule has 0 aromatic heterocycles. The lowest BCUT2D eigenvalue weighted by atomic mass is 9.91. The van der Waals surface area contributed by atoms with Crippen molar-refractivity contribution in [2.75, 3.05) is 40.8 Å². The fraction of sp³-hybridized carbons (Fsp3) is 0.923. The average molecular weight is 241 g/mol. The average Bonchev–Trinajstić information content (AvgIpc) is 2.28. The molecule has 1 fully saturated rings. The van der Waals surface area contributed by atoms with Crippen LogP contribution in [0.3, 0.4) is 0 Å². The third-order valence-corrected chi connectivity index (χ3v) is 3.55. The van der Waals surface area contributed by atoms with Gasteiger partial charge in [0.15, 0.2) is 0 Å². The van der Waals surface area contributed by atoms with Crippen LogP contribution < -0.4 is 5.32 Å². The molecule has 0 aromatic rings. The highest BCUT2D eigenvalue weighted by atomic mass is 16.2. The Kier molecular flexibility index (Phi) is 5.92. The predicted octanol–water partition coefficient (Wildman–Crippen LogP) is 0.785. The van der Waals surface area contributed by atoms with Crippen LogP contribution in [0.15, 0.2) is 0 Å². The molecule has 0 radical (unpaired) electrons. The fourth-order valence-corrected chi connectivity index (χ4v) is 2.40. The number of hydrogen-bond donors (Lipinski definition) is 1. The monoisotopic (exact) mass is 241 g/mol. The largest absolute Gasteiger partial charge is 0.345 e. The van der Waals surface area contributed by atoms with Gasteiger partial charge in [0.2, 0.25) is 5.91 Å². The van der Waals surface area contributed by atoms with Crippen molar-refractivity contribution < 1.29 is 4.79 Å². The molecule has 4 nitrogen and oxygen atoms in total. The normalized spacial score (nSPS) is 25.0. The molecule has 1 rings (SSSR count). The van der Waals surface area contributed by atoms with Crippen molar-refractivity contribution in [1.82, 2.24) is 15.1 Å². The second-order valence-corrected chi connectivity index (χ2v) is 5.41. The van der Waals surface area contributed by atoms with E-state index in [1.54, 1.807) is 0 Å². The van der Waals surface area contributed by atoms with Crippen LogP contribution in [0.5, 0.6) is 0 Å². The van der Waals surface area contributed by atoms with Crippen LogP contribution in [0, 0.1) is 5.92 Å². The molecule has 2 unspecified atom stereocenters. The molecule has 2 atom stereocenters. The first-order valence-electron chi connectivity index (χ1n) is 6.65. The molecule has 1 aliphatic rings. The number of piperidine rings is 1. The van der Waals surface area contributed by atoms with Crippen LogP contribution in [0.2, 0.25) is 0 Å². The summed E-state index contributed by atoms with van der Waals surface area (Å²) in [6.45, 7) is 5.07. The van der Waals surface area contributed by atoms with E-state index in [-0.39, 0.29) is 5.92 Å². The lowest BCUT2D eigenvalue weighted by Crippen LogP contribution is -2.47. The van der Waals surface area contributed by atoms with Crippen molar-refractivity contribution >= 4 is 5.91 Å². The van der Waals surface area contributed by atoms with Gasteiger partial charge in [-0.05, 0) is 53.4 Å². The van der Waals surface area contributed by atoms with Crippen molar-refractivity contribution in [2.24, 2.45) is 5.92 Å². The number of carbonyl (C=O) groups excluding carboxylic acids is 1. The van der Waals surface area contributed by atoms with Crippen LogP contribution in [-0.2, 0) is 4.79 Å². The number of nitrogens with zero attached hydrogens (tertiary/aromatic N) is 2. The van der Waals surface area contributed by atoms with Gasteiger partial charge in [0.1, 0.15) is 0 Å². The molecule has 0 bridgehead atoms. The molecule has 0 aliphatic carbocycles. The molecule has 1 heterocycles. The summed E-state index contributed by atoms with van der Waals surface area (Å²) >= 11 is 0. The number of hydrogen-bond acceptors (Lipinski definition) is 3. The second kappa shape index (κ2) is 6.97. The first kappa shape index (κ1) is 14.5. The Morgan fingerprint density at radius 3 is 2.59 bits per heavy atom. The summed E-state index contributed by atoms with van der Waals surface area (Å²) in [4.78, 5) is 16.3. The molecular weight excluding hydrogens is 214 g/mol. The van der Waals surface area contributed by atoms with Crippen molar-refractivity contribution in [2.45, 2.75) is 32.2 Å². The molecule has 0 saturated carbocycles. The van der Waals surface area contributed by atoms with Crippen molar-refractivity contribution in [3.8, 4) is 0 Å². The Hall–Kier alpha value is -0.610. The van der Waals surface area contributed by atoms with Crippen LogP contribution in [0.4, 0.5) is 0 Å². The van der Waals surface area contributed by atoms with E-state index in [1.165, 1.54) is 0 Å². The third-order valence-electron chi connectivity index (χ3n) is 3.55. The van der Waals surface area contributed by atoms with Gasteiger partial charge in [-0.1, -0.05) is 0 Å². The van der Waals surface area contributed by atoms with Crippen LogP contribution in [-0.4, -0.2) is 62.5 Å². The maximum atomic E-state index is 12.3. The zero-order valence-electron chi connectivity index (χ0n) is 11.7. The van der Waals surface area contributed by atoms with E-state index in [0.29, 0.717) is 11.9 Å². The number of amides is 1. The number of nitrogens with one attached hydrogen (secondary N) is 1. The lowest BCUT2D eigenvalue weighted by Gasteiger charge is -2.32. The lowest BCUT2D eigenvalue weighted by molar-refractivity contribution is -0.135. The van der Waals surface area contributed by atoms with E-state index < -0.39 is 0 Å². The molecule has 4 heteroatoms. The molecule has 1 saturated heterocycles. The Bertz CT molecular complexity index is 243. The second-order valence-electron chi connectivity index (χ2n) is 5.41. The van der Waals surface area contributed by atoms with Gasteiger partial charge in [0, 0.05) is 19.6 Å². The Labute approximate surface area is 105 Å². The Morgan fingerprint density at radius 1 is 1.29 bits per heavy atom. The van der Waals surface area contributed by atoms with Crippen molar-refractivity contribution in [3.05, 3.63) is 0 Å². The maximum Gasteiger partial charge on any atom is 0.226 e. The highest BCUT2D eigenvalue weighted by Crippen LogP contribution is 2.18. The molecule has 17 heavy (non-hydrogen) atoms. The SMILES string of the molecule is CC1NCCCC1C(=O)N(C)CCCN(C)C. The number of rotatable bonds is 5. The van der Waals surface area contributed by atoms with Crippen molar-refractivity contribution in [3.63, 3.8) is 0 Å². The highest BCUT2D eigenvalue weighted by Gasteiger charge is 2.29. The summed E-state index contributed by atoms with van der Waals surface area (Å²) in [6.07, 6.45) is 3.20. The third kappa shape index (κ3) is 4.64. The minimum Gasteiger partial charge on any atom is -0.345 e. The summed E-state index contributed by atoms with van der Waals surface area (Å²) in [6, 6.07) is 0.326. The van der Waals surface area contributed by atoms with Gasteiger partial charge < -0.3 is 15.1 Å². The van der Waals surface area contributed by atoms with E-state index >= 15 is 0 Å². The Morgan fingerprint density at radius 2 is 2.00 bits per heavy atom. The van der Waals surface area contributed by atoms with Gasteiger partial charge in [-0.15, -0.1) is 0 Å². The number of carbonyl (C=O) groups is 1. The van der Waals surface area contributed by atoms with Gasteiger partial charge in [0.25, 0.3) is 0 Å². The zero-order valence-corrected chi connectivity index (χ0v) is 11.7. The minimum atomic E-state index is 0.174. The van der Waals surface area contributed by atoms with Gasteiger partial charge in [0.05, 0.1) is 5.92 Å². The summed E-state index contributed by atoms with van der Waals surface area (Å²) < 4.78 is 0. The van der Waals surface area contributed by atoms with Crippen LogP contribution in [0.1, 0.15) is 26.2 Å². The first-order valence-corrected chi connectivity index (χ1v) is 6.65. The Balaban J connectivity index is 2.34. The summed E-state index contributed by atoms with van der Waals surface area (Å²) in [5.41, 5.74) is 0. The van der Waals surface area contributed by atoms with Gasteiger partial charge in [-0.2, -0.15) is 0 Å². The summed E-state index contributed by atoms with van der Waals surface area (Å²) in [5, 5.41) is 3.39. The predicted molar refractivity (Wildman–Crippen MR) is 71.0 cm³/mol. The molecule has 1 aliphatic heterocycles. The van der Waals surface area contributed by atoms with Crippen LogP contribution in [0.25, 0.3) is 0 Å². The first-order chi connectivity index (χ1) is 8.02.